The van der Waals surface area contributed by atoms with E-state index in [1.54, 1.807) is 10.6 Å². The van der Waals surface area contributed by atoms with Crippen molar-refractivity contribution in [3.8, 4) is 23.0 Å². The molecular weight excluding hydrogens is 550 g/mol. The lowest BCUT2D eigenvalue weighted by atomic mass is 10.2. The Morgan fingerprint density at radius 2 is 2.12 bits per heavy atom. The number of nitrogens with one attached hydrogen (secondary N) is 1. The molecule has 0 spiro atoms. The van der Waals surface area contributed by atoms with Crippen molar-refractivity contribution >= 4 is 60.8 Å². The molecule has 1 amide bonds. The van der Waals surface area contributed by atoms with E-state index in [9.17, 15) is 9.90 Å². The first kappa shape index (κ1) is 21.8. The molecule has 0 atom stereocenters. The number of imidazole rings is 1. The van der Waals surface area contributed by atoms with Gasteiger partial charge in [0.05, 0.1) is 28.8 Å². The first-order chi connectivity index (χ1) is 15.4. The van der Waals surface area contributed by atoms with Gasteiger partial charge in [-0.2, -0.15) is 5.10 Å². The van der Waals surface area contributed by atoms with E-state index in [1.807, 2.05) is 24.3 Å². The van der Waals surface area contributed by atoms with Gasteiger partial charge in [-0.25, -0.2) is 15.0 Å². The monoisotopic (exact) mass is 563 g/mol. The van der Waals surface area contributed by atoms with Gasteiger partial charge < -0.3 is 20.1 Å². The first-order valence-electron chi connectivity index (χ1n) is 9.01. The highest BCUT2D eigenvalue weighted by Crippen LogP contribution is 2.41. The maximum Gasteiger partial charge on any atom is 0.260 e. The van der Waals surface area contributed by atoms with E-state index in [1.165, 1.54) is 13.3 Å². The van der Waals surface area contributed by atoms with Gasteiger partial charge in [0, 0.05) is 10.0 Å². The number of carbonyl (C=O) groups excluding carboxylic acids is 1. The second-order valence-corrected chi connectivity index (χ2v) is 8.03. The molecule has 13 heteroatoms. The van der Waals surface area contributed by atoms with Crippen LogP contribution >= 0.6 is 31.9 Å². The number of methoxy groups -OCH3 is 1. The molecule has 32 heavy (non-hydrogen) atoms. The summed E-state index contributed by atoms with van der Waals surface area (Å²) in [7, 11) is 1.43. The zero-order valence-corrected chi connectivity index (χ0v) is 19.6. The molecular formula is C19H15Br2N7O4. The number of benzene rings is 2. The van der Waals surface area contributed by atoms with Gasteiger partial charge in [0.2, 0.25) is 0 Å². The Hall–Kier alpha value is -3.45. The number of aromatic hydroxyl groups is 1. The summed E-state index contributed by atoms with van der Waals surface area (Å²) in [6.07, 6.45) is 1.42. The van der Waals surface area contributed by atoms with Crippen LogP contribution in [0.15, 0.2) is 49.0 Å². The van der Waals surface area contributed by atoms with Crippen molar-refractivity contribution in [1.82, 2.24) is 25.3 Å². The normalized spacial score (nSPS) is 11.3. The molecule has 2 heterocycles. The fraction of sp³-hybridized carbons (Fsp3) is 0.105. The zero-order valence-electron chi connectivity index (χ0n) is 16.4. The minimum absolute atomic E-state index is 0.0540. The van der Waals surface area contributed by atoms with E-state index in [0.29, 0.717) is 31.4 Å². The van der Waals surface area contributed by atoms with Crippen LogP contribution in [-0.4, -0.2) is 44.2 Å². The Labute approximate surface area is 197 Å². The summed E-state index contributed by atoms with van der Waals surface area (Å²) in [5, 5.41) is 21.4. The summed E-state index contributed by atoms with van der Waals surface area (Å²) < 4.78 is 12.4. The van der Waals surface area contributed by atoms with Crippen LogP contribution in [0.25, 0.3) is 22.6 Å². The van der Waals surface area contributed by atoms with E-state index >= 15 is 0 Å². The molecule has 164 valence electrons. The minimum atomic E-state index is -0.415. The van der Waals surface area contributed by atoms with Gasteiger partial charge >= 0.3 is 0 Å². The van der Waals surface area contributed by atoms with Crippen LogP contribution in [0.1, 0.15) is 5.56 Å². The second-order valence-electron chi connectivity index (χ2n) is 6.45. The standard InChI is InChI=1S/C19H15Br2N7O4/c1-31-12-6-9(14(20)15(21)17(12)30)7-23-25-13(29)8-28-11-5-3-2-4-10(11)24-19(28)16-18(22)27-32-26-16/h2-7,30H,8H2,1H3,(H2,22,27)(H,25,29)/b23-7-. The van der Waals surface area contributed by atoms with Crippen molar-refractivity contribution in [2.24, 2.45) is 5.10 Å². The topological polar surface area (TPSA) is 154 Å². The molecule has 0 saturated carbocycles. The minimum Gasteiger partial charge on any atom is -0.503 e. The number of nitrogen functional groups attached to an aromatic ring is 1. The molecule has 0 aliphatic heterocycles. The number of fused-ring (bicyclic) bond motifs is 1. The molecule has 4 N–H and O–H groups in total. The van der Waals surface area contributed by atoms with E-state index in [0.717, 1.165) is 0 Å². The van der Waals surface area contributed by atoms with Crippen LogP contribution in [0, 0.1) is 0 Å². The lowest BCUT2D eigenvalue weighted by Gasteiger charge is -2.09. The number of hydrogen-bond acceptors (Lipinski definition) is 9. The number of phenolic OH excluding ortho intramolecular Hbond substituents is 1. The number of ether oxygens (including phenoxy) is 1. The number of hydrazone groups is 1. The summed E-state index contributed by atoms with van der Waals surface area (Å²) in [6, 6.07) is 8.87. The molecule has 0 aliphatic rings. The van der Waals surface area contributed by atoms with Crippen molar-refractivity contribution in [3.63, 3.8) is 0 Å². The van der Waals surface area contributed by atoms with Crippen LogP contribution in [0.3, 0.4) is 0 Å². The van der Waals surface area contributed by atoms with Gasteiger partial charge in [-0.1, -0.05) is 12.1 Å². The second kappa shape index (κ2) is 8.96. The van der Waals surface area contributed by atoms with Gasteiger partial charge in [-0.05, 0) is 60.4 Å². The molecule has 0 bridgehead atoms. The quantitative estimate of drug-likeness (QED) is 0.238. The van der Waals surface area contributed by atoms with E-state index in [4.69, 9.17) is 10.5 Å². The molecule has 4 rings (SSSR count). The van der Waals surface area contributed by atoms with E-state index in [-0.39, 0.29) is 29.6 Å². The number of para-hydroxylation sites is 2. The SMILES string of the molecule is COc1cc(/C=N\NC(=O)Cn2c(-c3nonc3N)nc3ccccc32)c(Br)c(Br)c1O. The third-order valence-corrected chi connectivity index (χ3v) is 6.63. The molecule has 2 aromatic carbocycles. The molecule has 0 aliphatic carbocycles. The highest BCUT2D eigenvalue weighted by molar-refractivity contribution is 9.13. The summed E-state index contributed by atoms with van der Waals surface area (Å²) in [6.45, 7) is -0.108. The number of amides is 1. The van der Waals surface area contributed by atoms with Gasteiger partial charge in [-0.15, -0.1) is 0 Å². The Morgan fingerprint density at radius 3 is 2.84 bits per heavy atom. The number of aromatic nitrogens is 4. The number of nitrogens with two attached hydrogens (primary N) is 1. The van der Waals surface area contributed by atoms with E-state index in [2.05, 4.69) is 62.3 Å². The number of phenols is 1. The summed E-state index contributed by atoms with van der Waals surface area (Å²) in [4.78, 5) is 17.1. The molecule has 0 radical (unpaired) electrons. The molecule has 0 saturated heterocycles. The molecule has 2 aromatic heterocycles. The molecule has 0 fully saturated rings. The Kier molecular flexibility index (Phi) is 6.10. The predicted octanol–water partition coefficient (Wildman–Crippen LogP) is 3.06. The maximum absolute atomic E-state index is 12.6. The Balaban J connectivity index is 1.58. The van der Waals surface area contributed by atoms with Crippen molar-refractivity contribution in [2.45, 2.75) is 6.54 Å². The predicted molar refractivity (Wildman–Crippen MR) is 123 cm³/mol. The average Bonchev–Trinajstić information content (AvgIpc) is 3.37. The number of hydrogen-bond donors (Lipinski definition) is 3. The molecule has 0 unspecified atom stereocenters. The lowest BCUT2D eigenvalue weighted by molar-refractivity contribution is -0.121. The van der Waals surface area contributed by atoms with Crippen LogP contribution in [0.4, 0.5) is 5.82 Å². The maximum atomic E-state index is 12.6. The third kappa shape index (κ3) is 4.03. The van der Waals surface area contributed by atoms with Crippen molar-refractivity contribution in [2.75, 3.05) is 12.8 Å². The number of carbonyl (C=O) groups is 1. The van der Waals surface area contributed by atoms with Crippen molar-refractivity contribution in [3.05, 3.63) is 44.8 Å². The fourth-order valence-corrected chi connectivity index (χ4v) is 3.81. The number of rotatable bonds is 6. The number of anilines is 1. The lowest BCUT2D eigenvalue weighted by Crippen LogP contribution is -2.23. The zero-order chi connectivity index (χ0) is 22.8. The van der Waals surface area contributed by atoms with Gasteiger partial charge in [0.25, 0.3) is 5.91 Å². The highest BCUT2D eigenvalue weighted by Gasteiger charge is 2.20. The first-order valence-corrected chi connectivity index (χ1v) is 10.6. The van der Waals surface area contributed by atoms with Gasteiger partial charge in [-0.3, -0.25) is 4.79 Å². The largest absolute Gasteiger partial charge is 0.503 e. The fourth-order valence-electron chi connectivity index (χ4n) is 2.98. The summed E-state index contributed by atoms with van der Waals surface area (Å²) in [5.74, 6) is 0.195. The van der Waals surface area contributed by atoms with Crippen LogP contribution in [0.5, 0.6) is 11.5 Å². The van der Waals surface area contributed by atoms with Crippen LogP contribution in [-0.2, 0) is 11.3 Å². The molecule has 4 aromatic rings. The third-order valence-electron chi connectivity index (χ3n) is 4.47. The van der Waals surface area contributed by atoms with Crippen LogP contribution < -0.4 is 15.9 Å². The highest BCUT2D eigenvalue weighted by atomic mass is 79.9. The van der Waals surface area contributed by atoms with Crippen LogP contribution in [0.2, 0.25) is 0 Å². The average molecular weight is 565 g/mol. The Morgan fingerprint density at radius 1 is 1.34 bits per heavy atom. The van der Waals surface area contributed by atoms with Crippen molar-refractivity contribution in [1.29, 1.82) is 0 Å². The number of halogens is 2. The van der Waals surface area contributed by atoms with Gasteiger partial charge in [0.15, 0.2) is 28.8 Å². The number of nitrogens with zero attached hydrogens (tertiary/aromatic N) is 5. The Bertz CT molecular complexity index is 1350. The smallest absolute Gasteiger partial charge is 0.260 e. The van der Waals surface area contributed by atoms with Gasteiger partial charge in [0.1, 0.15) is 6.54 Å². The summed E-state index contributed by atoms with van der Waals surface area (Å²) >= 11 is 6.64. The molecule has 11 nitrogen and oxygen atoms in total. The summed E-state index contributed by atoms with van der Waals surface area (Å²) in [5.41, 5.74) is 10.5. The van der Waals surface area contributed by atoms with E-state index < -0.39 is 5.91 Å². The van der Waals surface area contributed by atoms with Crippen molar-refractivity contribution < 1.29 is 19.3 Å².